The van der Waals surface area contributed by atoms with Crippen molar-refractivity contribution in [2.75, 3.05) is 7.11 Å². The molecule has 0 aromatic carbocycles. The number of hydrogen-bond acceptors (Lipinski definition) is 5. The van der Waals surface area contributed by atoms with Crippen molar-refractivity contribution in [1.29, 1.82) is 0 Å². The van der Waals surface area contributed by atoms with E-state index in [0.29, 0.717) is 0 Å². The van der Waals surface area contributed by atoms with Crippen LogP contribution in [-0.4, -0.2) is 31.2 Å². The molecule has 0 radical (unpaired) electrons. The largest absolute Gasteiger partial charge is 0.469 e. The Kier molecular flexibility index (Phi) is 6.70. The van der Waals surface area contributed by atoms with Crippen molar-refractivity contribution in [2.24, 2.45) is 5.73 Å². The molecule has 0 amide bonds. The van der Waals surface area contributed by atoms with Crippen LogP contribution in [0.25, 0.3) is 0 Å². The first-order chi connectivity index (χ1) is 7.01. The minimum absolute atomic E-state index is 0.132. The molecule has 2 N–H and O–H groups in total. The van der Waals surface area contributed by atoms with Gasteiger partial charge in [-0.1, -0.05) is 6.92 Å². The number of hydrogen-bond donors (Lipinski definition) is 1. The van der Waals surface area contributed by atoms with E-state index in [1.54, 1.807) is 6.92 Å². The van der Waals surface area contributed by atoms with Gasteiger partial charge in [0.2, 0.25) is 0 Å². The Bertz CT molecular complexity index is 217. The van der Waals surface area contributed by atoms with Crippen molar-refractivity contribution in [3.05, 3.63) is 0 Å². The van der Waals surface area contributed by atoms with Crippen molar-refractivity contribution in [1.82, 2.24) is 0 Å². The van der Waals surface area contributed by atoms with Gasteiger partial charge in [0.15, 0.2) is 0 Å². The molecule has 88 valence electrons. The average Bonchev–Trinajstić information content (AvgIpc) is 2.24. The molecule has 0 spiro atoms. The van der Waals surface area contributed by atoms with Gasteiger partial charge in [0.05, 0.1) is 13.2 Å². The van der Waals surface area contributed by atoms with Gasteiger partial charge in [0, 0.05) is 6.42 Å². The van der Waals surface area contributed by atoms with Gasteiger partial charge in [-0.05, 0) is 19.8 Å². The SMILES string of the molecule is CCC(C)OC(=O)C(N)CCC(=O)OC. The van der Waals surface area contributed by atoms with Crippen LogP contribution in [0.2, 0.25) is 0 Å². The average molecular weight is 217 g/mol. The van der Waals surface area contributed by atoms with Gasteiger partial charge in [-0.15, -0.1) is 0 Å². The van der Waals surface area contributed by atoms with Crippen LogP contribution >= 0.6 is 0 Å². The highest BCUT2D eigenvalue weighted by molar-refractivity contribution is 5.77. The summed E-state index contributed by atoms with van der Waals surface area (Å²) < 4.78 is 9.45. The van der Waals surface area contributed by atoms with Crippen molar-refractivity contribution < 1.29 is 19.1 Å². The first-order valence-corrected chi connectivity index (χ1v) is 5.04. The van der Waals surface area contributed by atoms with Crippen LogP contribution in [0, 0.1) is 0 Å². The van der Waals surface area contributed by atoms with Crippen molar-refractivity contribution in [3.8, 4) is 0 Å². The zero-order chi connectivity index (χ0) is 11.8. The molecule has 5 nitrogen and oxygen atoms in total. The third-order valence-corrected chi connectivity index (χ3v) is 2.08. The predicted octanol–water partition coefficient (Wildman–Crippen LogP) is 0.609. The van der Waals surface area contributed by atoms with E-state index in [4.69, 9.17) is 10.5 Å². The molecule has 0 rings (SSSR count). The zero-order valence-corrected chi connectivity index (χ0v) is 9.49. The van der Waals surface area contributed by atoms with E-state index in [0.717, 1.165) is 6.42 Å². The number of nitrogens with two attached hydrogens (primary N) is 1. The second-order valence-corrected chi connectivity index (χ2v) is 3.38. The highest BCUT2D eigenvalue weighted by Crippen LogP contribution is 2.03. The van der Waals surface area contributed by atoms with Crippen molar-refractivity contribution >= 4 is 11.9 Å². The van der Waals surface area contributed by atoms with Gasteiger partial charge < -0.3 is 15.2 Å². The quantitative estimate of drug-likeness (QED) is 0.659. The van der Waals surface area contributed by atoms with Crippen LogP contribution < -0.4 is 5.73 Å². The predicted molar refractivity (Wildman–Crippen MR) is 55.1 cm³/mol. The molecule has 0 aliphatic heterocycles. The lowest BCUT2D eigenvalue weighted by Gasteiger charge is -2.14. The molecule has 0 heterocycles. The lowest BCUT2D eigenvalue weighted by molar-refractivity contribution is -0.150. The molecular formula is C10H19NO4. The Balaban J connectivity index is 3.83. The Hall–Kier alpha value is -1.10. The maximum atomic E-state index is 11.3. The normalized spacial score (nSPS) is 14.1. The Morgan fingerprint density at radius 1 is 1.40 bits per heavy atom. The molecule has 2 unspecified atom stereocenters. The fraction of sp³-hybridized carbons (Fsp3) is 0.800. The van der Waals surface area contributed by atoms with Crippen molar-refractivity contribution in [3.63, 3.8) is 0 Å². The monoisotopic (exact) mass is 217 g/mol. The number of methoxy groups -OCH3 is 1. The first-order valence-electron chi connectivity index (χ1n) is 5.04. The fourth-order valence-electron chi connectivity index (χ4n) is 0.862. The smallest absolute Gasteiger partial charge is 0.323 e. The number of ether oxygens (including phenoxy) is 2. The Labute approximate surface area is 89.9 Å². The Morgan fingerprint density at radius 2 is 2.00 bits per heavy atom. The number of rotatable bonds is 6. The van der Waals surface area contributed by atoms with Crippen LogP contribution in [0.1, 0.15) is 33.1 Å². The van der Waals surface area contributed by atoms with Gasteiger partial charge >= 0.3 is 11.9 Å². The third-order valence-electron chi connectivity index (χ3n) is 2.08. The molecular weight excluding hydrogens is 198 g/mol. The van der Waals surface area contributed by atoms with Gasteiger partial charge in [0.1, 0.15) is 6.04 Å². The second kappa shape index (κ2) is 7.23. The summed E-state index contributed by atoms with van der Waals surface area (Å²) in [4.78, 5) is 22.1. The molecule has 0 saturated carbocycles. The van der Waals surface area contributed by atoms with E-state index >= 15 is 0 Å². The van der Waals surface area contributed by atoms with E-state index < -0.39 is 12.0 Å². The summed E-state index contributed by atoms with van der Waals surface area (Å²) in [6.07, 6.45) is 0.992. The number of carbonyl (C=O) groups is 2. The van der Waals surface area contributed by atoms with E-state index in [2.05, 4.69) is 4.74 Å². The Morgan fingerprint density at radius 3 is 2.47 bits per heavy atom. The van der Waals surface area contributed by atoms with E-state index in [9.17, 15) is 9.59 Å². The fourth-order valence-corrected chi connectivity index (χ4v) is 0.862. The maximum Gasteiger partial charge on any atom is 0.323 e. The van der Waals surface area contributed by atoms with Crippen LogP contribution in [0.15, 0.2) is 0 Å². The number of esters is 2. The van der Waals surface area contributed by atoms with Crippen LogP contribution in [0.5, 0.6) is 0 Å². The summed E-state index contributed by atoms with van der Waals surface area (Å²) >= 11 is 0. The zero-order valence-electron chi connectivity index (χ0n) is 9.49. The lowest BCUT2D eigenvalue weighted by atomic mass is 10.1. The molecule has 0 aromatic heterocycles. The van der Waals surface area contributed by atoms with E-state index in [1.807, 2.05) is 6.92 Å². The summed E-state index contributed by atoms with van der Waals surface area (Å²) in [5.74, 6) is -0.838. The highest BCUT2D eigenvalue weighted by atomic mass is 16.5. The molecule has 0 saturated heterocycles. The molecule has 0 fully saturated rings. The minimum Gasteiger partial charge on any atom is -0.469 e. The topological polar surface area (TPSA) is 78.6 Å². The lowest BCUT2D eigenvalue weighted by Crippen LogP contribution is -2.34. The van der Waals surface area contributed by atoms with Gasteiger partial charge in [-0.3, -0.25) is 9.59 Å². The molecule has 2 atom stereocenters. The second-order valence-electron chi connectivity index (χ2n) is 3.38. The van der Waals surface area contributed by atoms with Crippen LogP contribution in [-0.2, 0) is 19.1 Å². The summed E-state index contributed by atoms with van der Waals surface area (Å²) in [7, 11) is 1.30. The van der Waals surface area contributed by atoms with E-state index in [-0.39, 0.29) is 24.9 Å². The molecule has 15 heavy (non-hydrogen) atoms. The maximum absolute atomic E-state index is 11.3. The van der Waals surface area contributed by atoms with Crippen LogP contribution in [0.4, 0.5) is 0 Å². The molecule has 0 aromatic rings. The van der Waals surface area contributed by atoms with Gasteiger partial charge in [-0.2, -0.15) is 0 Å². The molecule has 5 heteroatoms. The van der Waals surface area contributed by atoms with Gasteiger partial charge in [-0.25, -0.2) is 0 Å². The summed E-state index contributed by atoms with van der Waals surface area (Å²) in [5.41, 5.74) is 5.54. The highest BCUT2D eigenvalue weighted by Gasteiger charge is 2.18. The number of carbonyl (C=O) groups excluding carboxylic acids is 2. The van der Waals surface area contributed by atoms with Gasteiger partial charge in [0.25, 0.3) is 0 Å². The third kappa shape index (κ3) is 6.06. The summed E-state index contributed by atoms with van der Waals surface area (Å²) in [6, 6.07) is -0.752. The molecule has 0 aliphatic carbocycles. The minimum atomic E-state index is -0.752. The first kappa shape index (κ1) is 13.9. The van der Waals surface area contributed by atoms with E-state index in [1.165, 1.54) is 7.11 Å². The van der Waals surface area contributed by atoms with Crippen molar-refractivity contribution in [2.45, 2.75) is 45.3 Å². The van der Waals surface area contributed by atoms with Crippen LogP contribution in [0.3, 0.4) is 0 Å². The molecule has 0 bridgehead atoms. The molecule has 0 aliphatic rings. The summed E-state index contributed by atoms with van der Waals surface area (Å²) in [5, 5.41) is 0. The standard InChI is InChI=1S/C10H19NO4/c1-4-7(2)15-10(13)8(11)5-6-9(12)14-3/h7-8H,4-6,11H2,1-3H3. The summed E-state index contributed by atoms with van der Waals surface area (Å²) in [6.45, 7) is 3.71.